The number of hydrogen-bond acceptors (Lipinski definition) is 2. The first-order valence-corrected chi connectivity index (χ1v) is 11.3. The molecular formula is C26H22N2P+. The predicted octanol–water partition coefficient (Wildman–Crippen LogP) is 4.90. The molecule has 4 aromatic carbocycles. The molecule has 140 valence electrons. The summed E-state index contributed by atoms with van der Waals surface area (Å²) in [6.45, 7) is 0. The van der Waals surface area contributed by atoms with E-state index >= 15 is 0 Å². The molecule has 0 atom stereocenters. The number of nitriles is 1. The summed E-state index contributed by atoms with van der Waals surface area (Å²) in [7, 11) is 0.0295. The molecule has 2 nitrogen and oxygen atoms in total. The molecule has 0 aliphatic rings. The zero-order valence-electron chi connectivity index (χ0n) is 16.3. The zero-order chi connectivity index (χ0) is 20.1. The molecule has 0 bridgehead atoms. The van der Waals surface area contributed by atoms with Gasteiger partial charge in [0.1, 0.15) is 15.9 Å². The molecule has 0 aliphatic carbocycles. The summed E-state index contributed by atoms with van der Waals surface area (Å²) >= 11 is 0. The highest BCUT2D eigenvalue weighted by Crippen LogP contribution is 2.59. The minimum absolute atomic E-state index is 0.671. The Morgan fingerprint density at radius 1 is 0.586 bits per heavy atom. The molecule has 4 aromatic rings. The van der Waals surface area contributed by atoms with Gasteiger partial charge in [-0.2, -0.15) is 5.26 Å². The Morgan fingerprint density at radius 3 is 1.31 bits per heavy atom. The fraction of sp³-hybridized carbons (Fsp3) is 0.0385. The van der Waals surface area contributed by atoms with Crippen LogP contribution < -0.4 is 20.6 Å². The minimum atomic E-state index is -2.14. The third-order valence-electron chi connectivity index (χ3n) is 5.21. The van der Waals surface area contributed by atoms with Crippen LogP contribution in [0, 0.1) is 11.3 Å². The number of hydrogen-bond donors (Lipinski definition) is 0. The van der Waals surface area contributed by atoms with Crippen molar-refractivity contribution in [3.05, 3.63) is 121 Å². The average molecular weight is 393 g/mol. The molecular weight excluding hydrogens is 371 g/mol. The fourth-order valence-corrected chi connectivity index (χ4v) is 8.05. The normalized spacial score (nSPS) is 10.9. The maximum absolute atomic E-state index is 9.20. The van der Waals surface area contributed by atoms with E-state index in [4.69, 9.17) is 0 Å². The summed E-state index contributed by atoms with van der Waals surface area (Å²) in [6, 6.07) is 42.3. The third-order valence-corrected chi connectivity index (χ3v) is 9.48. The number of benzene rings is 4. The van der Waals surface area contributed by atoms with Crippen molar-refractivity contribution < 1.29 is 0 Å². The Hall–Kier alpha value is -3.40. The van der Waals surface area contributed by atoms with Gasteiger partial charge in [-0.05, 0) is 60.7 Å². The van der Waals surface area contributed by atoms with Gasteiger partial charge < -0.3 is 0 Å². The largest absolute Gasteiger partial charge is 0.237 e. The predicted molar refractivity (Wildman–Crippen MR) is 125 cm³/mol. The highest BCUT2D eigenvalue weighted by molar-refractivity contribution is 7.96. The van der Waals surface area contributed by atoms with Gasteiger partial charge in [0.25, 0.3) is 0 Å². The van der Waals surface area contributed by atoms with Crippen LogP contribution in [0.1, 0.15) is 5.56 Å². The van der Waals surface area contributed by atoms with Crippen molar-refractivity contribution in [2.75, 3.05) is 11.7 Å². The van der Waals surface area contributed by atoms with E-state index in [1.165, 1.54) is 15.9 Å². The maximum Gasteiger partial charge on any atom is 0.202 e. The molecule has 0 saturated carbocycles. The summed E-state index contributed by atoms with van der Waals surface area (Å²) in [5.74, 6) is 0. The van der Waals surface area contributed by atoms with Crippen LogP contribution in [0.2, 0.25) is 0 Å². The van der Waals surface area contributed by atoms with Crippen molar-refractivity contribution in [2.24, 2.45) is 0 Å². The summed E-state index contributed by atoms with van der Waals surface area (Å²) in [5.41, 5.74) is 1.76. The van der Waals surface area contributed by atoms with E-state index in [-0.39, 0.29) is 0 Å². The second-order valence-electron chi connectivity index (χ2n) is 6.82. The van der Waals surface area contributed by atoms with Crippen molar-refractivity contribution >= 4 is 29.0 Å². The van der Waals surface area contributed by atoms with Crippen LogP contribution in [0.4, 0.5) is 5.69 Å². The number of nitrogens with zero attached hydrogens (tertiary/aromatic N) is 2. The molecule has 0 aromatic heterocycles. The van der Waals surface area contributed by atoms with Crippen molar-refractivity contribution in [1.82, 2.24) is 0 Å². The fourth-order valence-electron chi connectivity index (χ4n) is 3.82. The molecule has 0 spiro atoms. The lowest BCUT2D eigenvalue weighted by atomic mass is 10.2. The molecule has 4 rings (SSSR count). The molecule has 0 fully saturated rings. The van der Waals surface area contributed by atoms with Gasteiger partial charge >= 0.3 is 0 Å². The quantitative estimate of drug-likeness (QED) is 0.451. The molecule has 3 heteroatoms. The van der Waals surface area contributed by atoms with Crippen LogP contribution in [0.3, 0.4) is 0 Å². The zero-order valence-corrected chi connectivity index (χ0v) is 17.2. The van der Waals surface area contributed by atoms with E-state index in [0.717, 1.165) is 5.69 Å². The number of anilines is 1. The molecule has 29 heavy (non-hydrogen) atoms. The van der Waals surface area contributed by atoms with Crippen molar-refractivity contribution in [3.8, 4) is 6.07 Å². The third kappa shape index (κ3) is 3.42. The van der Waals surface area contributed by atoms with Gasteiger partial charge in [-0.3, -0.25) is 0 Å². The van der Waals surface area contributed by atoms with Gasteiger partial charge in [0.15, 0.2) is 0 Å². The second kappa shape index (κ2) is 8.31. The first-order chi connectivity index (χ1) is 14.3. The van der Waals surface area contributed by atoms with E-state index in [1.54, 1.807) is 0 Å². The number of rotatable bonds is 5. The van der Waals surface area contributed by atoms with E-state index in [9.17, 15) is 5.26 Å². The summed E-state index contributed by atoms with van der Waals surface area (Å²) in [5, 5.41) is 13.1. The summed E-state index contributed by atoms with van der Waals surface area (Å²) in [4.78, 5) is 0. The minimum Gasteiger partial charge on any atom is -0.237 e. The molecule has 0 radical (unpaired) electrons. The Morgan fingerprint density at radius 2 is 0.966 bits per heavy atom. The standard InChI is InChI=1S/C26H22N2P/c1-28(23-19-17-22(21-27)18-20-23)29(24-11-5-2-6-12-24,25-13-7-3-8-14-25)26-15-9-4-10-16-26/h2-20H,1H3/q+1. The lowest BCUT2D eigenvalue weighted by Crippen LogP contribution is -2.41. The van der Waals surface area contributed by atoms with Crippen LogP contribution in [-0.2, 0) is 0 Å². The molecule has 0 heterocycles. The molecule has 0 aliphatic heterocycles. The monoisotopic (exact) mass is 393 g/mol. The van der Waals surface area contributed by atoms with Gasteiger partial charge in [0.05, 0.1) is 17.3 Å². The van der Waals surface area contributed by atoms with E-state index in [0.29, 0.717) is 5.56 Å². The van der Waals surface area contributed by atoms with Gasteiger partial charge in [-0.25, -0.2) is 4.67 Å². The molecule has 0 saturated heterocycles. The Labute approximate surface area is 173 Å². The average Bonchev–Trinajstić information content (AvgIpc) is 2.82. The molecule has 0 amide bonds. The first kappa shape index (κ1) is 18.9. The van der Waals surface area contributed by atoms with Crippen molar-refractivity contribution in [3.63, 3.8) is 0 Å². The smallest absolute Gasteiger partial charge is 0.202 e. The summed E-state index contributed by atoms with van der Waals surface area (Å²) < 4.78 is 2.41. The second-order valence-corrected chi connectivity index (χ2v) is 10.2. The van der Waals surface area contributed by atoms with Gasteiger partial charge in [-0.1, -0.05) is 54.6 Å². The van der Waals surface area contributed by atoms with E-state index in [1.807, 2.05) is 24.3 Å². The Kier molecular flexibility index (Phi) is 5.43. The molecule has 0 N–H and O–H groups in total. The highest BCUT2D eigenvalue weighted by Gasteiger charge is 2.50. The maximum atomic E-state index is 9.20. The van der Waals surface area contributed by atoms with Gasteiger partial charge in [0.2, 0.25) is 7.41 Å². The Balaban J connectivity index is 2.03. The topological polar surface area (TPSA) is 27.0 Å². The van der Waals surface area contributed by atoms with Crippen LogP contribution in [-0.4, -0.2) is 7.05 Å². The summed E-state index contributed by atoms with van der Waals surface area (Å²) in [6.07, 6.45) is 0. The highest BCUT2D eigenvalue weighted by atomic mass is 31.2. The molecule has 0 unspecified atom stereocenters. The van der Waals surface area contributed by atoms with Crippen LogP contribution >= 0.6 is 7.41 Å². The lowest BCUT2D eigenvalue weighted by Gasteiger charge is -2.35. The lowest BCUT2D eigenvalue weighted by molar-refractivity contribution is 1.32. The van der Waals surface area contributed by atoms with Crippen LogP contribution in [0.5, 0.6) is 0 Å². The van der Waals surface area contributed by atoms with E-state index in [2.05, 4.69) is 109 Å². The van der Waals surface area contributed by atoms with Crippen LogP contribution in [0.25, 0.3) is 0 Å². The van der Waals surface area contributed by atoms with Gasteiger partial charge in [0, 0.05) is 7.05 Å². The SMILES string of the molecule is CN(c1ccc(C#N)cc1)[P+](c1ccccc1)(c1ccccc1)c1ccccc1. The Bertz CT molecular complexity index is 1010. The van der Waals surface area contributed by atoms with Crippen molar-refractivity contribution in [1.29, 1.82) is 5.26 Å². The van der Waals surface area contributed by atoms with Crippen molar-refractivity contribution in [2.45, 2.75) is 0 Å². The van der Waals surface area contributed by atoms with E-state index < -0.39 is 7.41 Å². The first-order valence-electron chi connectivity index (χ1n) is 9.57. The van der Waals surface area contributed by atoms with Crippen LogP contribution in [0.15, 0.2) is 115 Å². The van der Waals surface area contributed by atoms with Gasteiger partial charge in [-0.15, -0.1) is 0 Å².